The molecule has 1 amide bonds. The second-order valence-electron chi connectivity index (χ2n) is 6.61. The van der Waals surface area contributed by atoms with E-state index in [4.69, 9.17) is 15.2 Å². The van der Waals surface area contributed by atoms with Gasteiger partial charge in [0, 0.05) is 19.1 Å². The van der Waals surface area contributed by atoms with E-state index in [1.165, 1.54) is 0 Å². The number of aliphatic hydroxyl groups is 1. The first-order valence-corrected chi connectivity index (χ1v) is 9.33. The minimum Gasteiger partial charge on any atom is -0.491 e. The minimum atomic E-state index is -0.739. The number of carbonyl (C=O) groups is 1. The standard InChI is InChI=1S/C19H30N4O4/c1-3-26-19(25)23-9-7-15(8-10-23)22-18(20)21-12-16(24)13-27-17-6-4-5-14(2)11-17/h4-6,11,15-16,24H,3,7-10,12-13H2,1-2H3,(H3,20,21,22). The molecule has 1 aromatic rings. The summed E-state index contributed by atoms with van der Waals surface area (Å²) in [4.78, 5) is 17.6. The molecule has 1 fully saturated rings. The third kappa shape index (κ3) is 7.34. The Labute approximate surface area is 160 Å². The summed E-state index contributed by atoms with van der Waals surface area (Å²) >= 11 is 0. The molecule has 1 heterocycles. The van der Waals surface area contributed by atoms with Gasteiger partial charge in [-0.3, -0.25) is 4.99 Å². The third-order valence-electron chi connectivity index (χ3n) is 4.28. The van der Waals surface area contributed by atoms with Crippen LogP contribution >= 0.6 is 0 Å². The smallest absolute Gasteiger partial charge is 0.409 e. The van der Waals surface area contributed by atoms with Gasteiger partial charge in [-0.05, 0) is 44.4 Å². The van der Waals surface area contributed by atoms with Gasteiger partial charge in [0.25, 0.3) is 0 Å². The Morgan fingerprint density at radius 1 is 1.44 bits per heavy atom. The van der Waals surface area contributed by atoms with Crippen molar-refractivity contribution in [3.63, 3.8) is 0 Å². The number of carbonyl (C=O) groups excluding carboxylic acids is 1. The van der Waals surface area contributed by atoms with E-state index in [2.05, 4.69) is 10.3 Å². The van der Waals surface area contributed by atoms with Crippen LogP contribution in [0.3, 0.4) is 0 Å². The van der Waals surface area contributed by atoms with Gasteiger partial charge < -0.3 is 30.5 Å². The first-order valence-electron chi connectivity index (χ1n) is 9.33. The molecule has 1 aliphatic heterocycles. The van der Waals surface area contributed by atoms with Gasteiger partial charge in [0.15, 0.2) is 5.96 Å². The summed E-state index contributed by atoms with van der Waals surface area (Å²) in [6.07, 6.45) is 0.535. The van der Waals surface area contributed by atoms with Crippen LogP contribution in [0, 0.1) is 6.92 Å². The minimum absolute atomic E-state index is 0.151. The molecule has 1 aliphatic rings. The quantitative estimate of drug-likeness (QED) is 0.487. The second-order valence-corrected chi connectivity index (χ2v) is 6.61. The molecule has 8 heteroatoms. The van der Waals surface area contributed by atoms with Crippen molar-refractivity contribution in [2.75, 3.05) is 32.8 Å². The molecular weight excluding hydrogens is 348 g/mol. The Bertz CT molecular complexity index is 630. The number of aliphatic imine (C=N–C) groups is 1. The van der Waals surface area contributed by atoms with Gasteiger partial charge in [-0.25, -0.2) is 4.79 Å². The van der Waals surface area contributed by atoms with Gasteiger partial charge in [-0.15, -0.1) is 0 Å². The molecule has 0 aliphatic carbocycles. The van der Waals surface area contributed by atoms with Crippen LogP contribution in [-0.4, -0.2) is 67.1 Å². The van der Waals surface area contributed by atoms with Crippen LogP contribution in [0.15, 0.2) is 29.3 Å². The Balaban J connectivity index is 1.67. The van der Waals surface area contributed by atoms with E-state index in [9.17, 15) is 9.90 Å². The number of hydrogen-bond acceptors (Lipinski definition) is 5. The van der Waals surface area contributed by atoms with E-state index in [-0.39, 0.29) is 25.3 Å². The summed E-state index contributed by atoms with van der Waals surface area (Å²) in [6, 6.07) is 7.80. The largest absolute Gasteiger partial charge is 0.491 e. The highest BCUT2D eigenvalue weighted by Crippen LogP contribution is 2.13. The van der Waals surface area contributed by atoms with Gasteiger partial charge in [0.1, 0.15) is 18.5 Å². The molecule has 4 N–H and O–H groups in total. The topological polar surface area (TPSA) is 109 Å². The Hall–Kier alpha value is -2.48. The maximum absolute atomic E-state index is 11.7. The van der Waals surface area contributed by atoms with E-state index < -0.39 is 6.10 Å². The molecule has 0 bridgehead atoms. The monoisotopic (exact) mass is 378 g/mol. The van der Waals surface area contributed by atoms with Crippen molar-refractivity contribution in [1.82, 2.24) is 10.2 Å². The average Bonchev–Trinajstić information content (AvgIpc) is 2.65. The molecule has 0 spiro atoms. The van der Waals surface area contributed by atoms with Gasteiger partial charge in [0.05, 0.1) is 13.2 Å². The SMILES string of the molecule is CCOC(=O)N1CCC(NC(N)=NCC(O)COc2cccc(C)c2)CC1. The number of aliphatic hydroxyl groups excluding tert-OH is 1. The zero-order valence-electron chi connectivity index (χ0n) is 16.1. The summed E-state index contributed by atoms with van der Waals surface area (Å²) in [5, 5.41) is 13.2. The van der Waals surface area contributed by atoms with Crippen LogP contribution < -0.4 is 15.8 Å². The number of nitrogens with two attached hydrogens (primary N) is 1. The van der Waals surface area contributed by atoms with Crippen LogP contribution in [0.25, 0.3) is 0 Å². The number of amides is 1. The fraction of sp³-hybridized carbons (Fsp3) is 0.579. The number of benzene rings is 1. The molecule has 8 nitrogen and oxygen atoms in total. The molecule has 2 rings (SSSR count). The predicted molar refractivity (Wildman–Crippen MR) is 104 cm³/mol. The molecule has 1 saturated heterocycles. The molecule has 0 radical (unpaired) electrons. The molecule has 27 heavy (non-hydrogen) atoms. The van der Waals surface area contributed by atoms with Gasteiger partial charge in [0.2, 0.25) is 0 Å². The molecule has 150 valence electrons. The highest BCUT2D eigenvalue weighted by Gasteiger charge is 2.23. The number of hydrogen-bond donors (Lipinski definition) is 3. The Kier molecular flexibility index (Phi) is 8.19. The van der Waals surface area contributed by atoms with Crippen molar-refractivity contribution in [3.05, 3.63) is 29.8 Å². The summed E-state index contributed by atoms with van der Waals surface area (Å²) in [7, 11) is 0. The van der Waals surface area contributed by atoms with E-state index in [0.29, 0.717) is 25.7 Å². The molecular formula is C19H30N4O4. The van der Waals surface area contributed by atoms with Crippen molar-refractivity contribution in [3.8, 4) is 5.75 Å². The fourth-order valence-corrected chi connectivity index (χ4v) is 2.83. The lowest BCUT2D eigenvalue weighted by Gasteiger charge is -2.31. The van der Waals surface area contributed by atoms with Crippen molar-refractivity contribution in [2.45, 2.75) is 38.8 Å². The average molecular weight is 378 g/mol. The maximum Gasteiger partial charge on any atom is 0.409 e. The highest BCUT2D eigenvalue weighted by molar-refractivity contribution is 5.78. The number of guanidine groups is 1. The number of nitrogens with zero attached hydrogens (tertiary/aromatic N) is 2. The van der Waals surface area contributed by atoms with Crippen LogP contribution in [0.1, 0.15) is 25.3 Å². The molecule has 1 unspecified atom stereocenters. The number of aryl methyl sites for hydroxylation is 1. The molecule has 1 atom stereocenters. The van der Waals surface area contributed by atoms with Crippen molar-refractivity contribution >= 4 is 12.1 Å². The third-order valence-corrected chi connectivity index (χ3v) is 4.28. The zero-order valence-corrected chi connectivity index (χ0v) is 16.1. The van der Waals surface area contributed by atoms with Crippen LogP contribution in [0.2, 0.25) is 0 Å². The van der Waals surface area contributed by atoms with Crippen molar-refractivity contribution in [1.29, 1.82) is 0 Å². The van der Waals surface area contributed by atoms with Crippen LogP contribution in [0.4, 0.5) is 4.79 Å². The predicted octanol–water partition coefficient (Wildman–Crippen LogP) is 1.26. The Morgan fingerprint density at radius 2 is 2.19 bits per heavy atom. The van der Waals surface area contributed by atoms with Crippen molar-refractivity contribution < 1.29 is 19.4 Å². The second kappa shape index (κ2) is 10.6. The number of piperidine rings is 1. The van der Waals surface area contributed by atoms with E-state index in [1.54, 1.807) is 11.8 Å². The maximum atomic E-state index is 11.7. The summed E-state index contributed by atoms with van der Waals surface area (Å²) in [5.74, 6) is 1.01. The van der Waals surface area contributed by atoms with Gasteiger partial charge >= 0.3 is 6.09 Å². The Morgan fingerprint density at radius 3 is 2.85 bits per heavy atom. The summed E-state index contributed by atoms with van der Waals surface area (Å²) in [5.41, 5.74) is 7.00. The normalized spacial score (nSPS) is 16.7. The highest BCUT2D eigenvalue weighted by atomic mass is 16.6. The zero-order chi connectivity index (χ0) is 19.6. The van der Waals surface area contributed by atoms with Crippen molar-refractivity contribution in [2.24, 2.45) is 10.7 Å². The lowest BCUT2D eigenvalue weighted by atomic mass is 10.1. The molecule has 0 aromatic heterocycles. The lowest BCUT2D eigenvalue weighted by Crippen LogP contribution is -2.48. The number of ether oxygens (including phenoxy) is 2. The van der Waals surface area contributed by atoms with Gasteiger partial charge in [-0.2, -0.15) is 0 Å². The van der Waals surface area contributed by atoms with E-state index >= 15 is 0 Å². The number of rotatable bonds is 7. The van der Waals surface area contributed by atoms with Gasteiger partial charge in [-0.1, -0.05) is 12.1 Å². The number of likely N-dealkylation sites (tertiary alicyclic amines) is 1. The summed E-state index contributed by atoms with van der Waals surface area (Å²) < 4.78 is 10.6. The first-order chi connectivity index (χ1) is 13.0. The first kappa shape index (κ1) is 20.8. The van der Waals surface area contributed by atoms with E-state index in [0.717, 1.165) is 24.2 Å². The fourth-order valence-electron chi connectivity index (χ4n) is 2.83. The van der Waals surface area contributed by atoms with Crippen LogP contribution in [0.5, 0.6) is 5.75 Å². The molecule has 0 saturated carbocycles. The lowest BCUT2D eigenvalue weighted by molar-refractivity contribution is 0.0962. The van der Waals surface area contributed by atoms with Crippen LogP contribution in [-0.2, 0) is 4.74 Å². The number of nitrogens with one attached hydrogen (secondary N) is 1. The summed E-state index contributed by atoms with van der Waals surface area (Å²) in [6.45, 7) is 5.71. The van der Waals surface area contributed by atoms with E-state index in [1.807, 2.05) is 31.2 Å². The molecule has 1 aromatic carbocycles.